The summed E-state index contributed by atoms with van der Waals surface area (Å²) in [7, 11) is -13.4. The number of ether oxygens (including phenoxy) is 2. The first-order chi connectivity index (χ1) is 18.9. The Labute approximate surface area is 236 Å². The Bertz CT molecular complexity index is 1160. The Hall–Kier alpha value is -1.48. The summed E-state index contributed by atoms with van der Waals surface area (Å²) in [5, 5.41) is -11.1. The molecule has 8 saturated carbocycles. The molecular formula is C26H34F4NO8S2-. The van der Waals surface area contributed by atoms with Crippen LogP contribution in [-0.2, 0) is 39.1 Å². The van der Waals surface area contributed by atoms with Crippen molar-refractivity contribution >= 4 is 32.0 Å². The van der Waals surface area contributed by atoms with Crippen LogP contribution in [0, 0.1) is 46.3 Å². The minimum Gasteiger partial charge on any atom is -0.460 e. The van der Waals surface area contributed by atoms with E-state index >= 15 is 0 Å². The zero-order valence-electron chi connectivity index (χ0n) is 22.4. The molecule has 0 atom stereocenters. The molecular weight excluding hydrogens is 594 g/mol. The van der Waals surface area contributed by atoms with Gasteiger partial charge >= 0.3 is 22.4 Å². The van der Waals surface area contributed by atoms with Crippen molar-refractivity contribution in [2.75, 3.05) is 13.2 Å². The second-order valence-electron chi connectivity index (χ2n) is 14.0. The fraction of sp³-hybridized carbons (Fsp3) is 0.923. The van der Waals surface area contributed by atoms with Crippen LogP contribution >= 0.6 is 0 Å². The van der Waals surface area contributed by atoms with E-state index in [4.69, 9.17) is 0 Å². The van der Waals surface area contributed by atoms with Crippen molar-refractivity contribution in [3.05, 3.63) is 4.13 Å². The fourth-order valence-corrected chi connectivity index (χ4v) is 12.3. The maximum atomic E-state index is 14.7. The van der Waals surface area contributed by atoms with Crippen LogP contribution in [0.3, 0.4) is 0 Å². The molecule has 0 amide bonds. The van der Waals surface area contributed by atoms with Gasteiger partial charge in [0.1, 0.15) is 0 Å². The van der Waals surface area contributed by atoms with Gasteiger partial charge in [0.25, 0.3) is 0 Å². The molecule has 232 valence electrons. The predicted octanol–water partition coefficient (Wildman–Crippen LogP) is 4.72. The SMILES string of the molecule is O=C(OCC12CC3CC(CC(C3)C1)C2)C(F)(F)S(=O)(=O)[N-]S(=O)(=O)C(F)(F)C(=O)OCC12CC3CC(CC(C3)C1)C2. The van der Waals surface area contributed by atoms with Gasteiger partial charge in [0.15, 0.2) is 20.0 Å². The molecule has 8 bridgehead atoms. The lowest BCUT2D eigenvalue weighted by atomic mass is 9.50. The van der Waals surface area contributed by atoms with Gasteiger partial charge in [-0.1, -0.05) is 0 Å². The number of alkyl halides is 4. The first kappa shape index (κ1) is 29.6. The minimum atomic E-state index is -6.72. The molecule has 8 aliphatic carbocycles. The van der Waals surface area contributed by atoms with Gasteiger partial charge in [0, 0.05) is 10.8 Å². The summed E-state index contributed by atoms with van der Waals surface area (Å²) < 4.78 is 119. The second-order valence-corrected chi connectivity index (χ2v) is 17.6. The Morgan fingerprint density at radius 3 is 1.07 bits per heavy atom. The Morgan fingerprint density at radius 2 is 0.829 bits per heavy atom. The van der Waals surface area contributed by atoms with E-state index in [1.54, 1.807) is 4.13 Å². The fourth-order valence-electron chi connectivity index (χ4n) is 9.97. The van der Waals surface area contributed by atoms with Crippen molar-refractivity contribution < 1.29 is 53.5 Å². The zero-order chi connectivity index (χ0) is 29.6. The molecule has 8 aliphatic rings. The van der Waals surface area contributed by atoms with Crippen molar-refractivity contribution in [2.24, 2.45) is 46.3 Å². The van der Waals surface area contributed by atoms with Crippen LogP contribution in [0.25, 0.3) is 4.13 Å². The standard InChI is InChI=1S/C26H34F4NO8S2/c27-25(28,21(32)38-13-23-7-15-1-16(8-23)3-17(2-15)9-23)40(34,35)31-41(36,37)26(29,30)22(33)39-14-24-10-18-4-19(11-24)6-20(5-18)12-24/h15-20H,1-14H2/q-1. The van der Waals surface area contributed by atoms with Crippen LogP contribution < -0.4 is 0 Å². The molecule has 0 saturated heterocycles. The van der Waals surface area contributed by atoms with Crippen LogP contribution in [-0.4, -0.2) is 52.5 Å². The van der Waals surface area contributed by atoms with Crippen molar-refractivity contribution in [1.82, 2.24) is 0 Å². The van der Waals surface area contributed by atoms with Crippen LogP contribution in [0.15, 0.2) is 0 Å². The summed E-state index contributed by atoms with van der Waals surface area (Å²) in [4.78, 5) is 24.4. The Morgan fingerprint density at radius 1 is 0.585 bits per heavy atom. The number of carbonyl (C=O) groups excluding carboxylic acids is 2. The van der Waals surface area contributed by atoms with E-state index in [1.807, 2.05) is 0 Å². The highest BCUT2D eigenvalue weighted by Crippen LogP contribution is 2.61. The van der Waals surface area contributed by atoms with Gasteiger partial charge in [-0.05, 0) is 113 Å². The van der Waals surface area contributed by atoms with Gasteiger partial charge < -0.3 is 13.6 Å². The molecule has 41 heavy (non-hydrogen) atoms. The summed E-state index contributed by atoms with van der Waals surface area (Å²) in [5.74, 6) is -2.98. The molecule has 0 aromatic rings. The van der Waals surface area contributed by atoms with Crippen molar-refractivity contribution in [3.63, 3.8) is 0 Å². The van der Waals surface area contributed by atoms with E-state index in [1.165, 1.54) is 0 Å². The van der Waals surface area contributed by atoms with Crippen LogP contribution in [0.4, 0.5) is 17.6 Å². The van der Waals surface area contributed by atoms with Crippen LogP contribution in [0.2, 0.25) is 0 Å². The van der Waals surface area contributed by atoms with Crippen molar-refractivity contribution in [2.45, 2.75) is 87.6 Å². The molecule has 0 aromatic heterocycles. The summed E-state index contributed by atoms with van der Waals surface area (Å²) in [6.07, 6.45) is 9.88. The topological polar surface area (TPSA) is 135 Å². The van der Waals surface area contributed by atoms with Crippen molar-refractivity contribution in [3.8, 4) is 0 Å². The van der Waals surface area contributed by atoms with Gasteiger partial charge in [-0.25, -0.2) is 26.4 Å². The van der Waals surface area contributed by atoms with Gasteiger partial charge in [-0.15, -0.1) is 0 Å². The average molecular weight is 629 g/mol. The highest BCUT2D eigenvalue weighted by Gasteiger charge is 2.58. The number of hydrogen-bond acceptors (Lipinski definition) is 8. The average Bonchev–Trinajstić information content (AvgIpc) is 2.83. The number of carbonyl (C=O) groups is 2. The Balaban J connectivity index is 1.08. The highest BCUT2D eigenvalue weighted by molar-refractivity contribution is 8.13. The molecule has 0 unspecified atom stereocenters. The maximum Gasteiger partial charge on any atom is 0.424 e. The number of sulfonamides is 2. The number of esters is 2. The summed E-state index contributed by atoms with van der Waals surface area (Å²) in [6, 6.07) is 0. The first-order valence-corrected chi connectivity index (χ1v) is 17.1. The third-order valence-electron chi connectivity index (χ3n) is 10.7. The smallest absolute Gasteiger partial charge is 0.424 e. The molecule has 8 fully saturated rings. The number of hydrogen-bond donors (Lipinski definition) is 0. The van der Waals surface area contributed by atoms with Crippen molar-refractivity contribution in [1.29, 1.82) is 0 Å². The van der Waals surface area contributed by atoms with E-state index in [2.05, 4.69) is 9.47 Å². The van der Waals surface area contributed by atoms with Gasteiger partial charge in [-0.2, -0.15) is 17.6 Å². The second kappa shape index (κ2) is 9.51. The maximum absolute atomic E-state index is 14.7. The molecule has 0 N–H and O–H groups in total. The van der Waals surface area contributed by atoms with E-state index in [0.717, 1.165) is 38.5 Å². The molecule has 15 heteroatoms. The lowest BCUT2D eigenvalue weighted by molar-refractivity contribution is -0.171. The van der Waals surface area contributed by atoms with E-state index in [9.17, 15) is 44.0 Å². The first-order valence-electron chi connectivity index (χ1n) is 14.3. The summed E-state index contributed by atoms with van der Waals surface area (Å²) in [6.45, 7) is -0.972. The lowest BCUT2D eigenvalue weighted by Crippen LogP contribution is -2.50. The quantitative estimate of drug-likeness (QED) is 0.251. The third kappa shape index (κ3) is 5.08. The highest BCUT2D eigenvalue weighted by atomic mass is 32.3. The van der Waals surface area contributed by atoms with Gasteiger partial charge in [-0.3, -0.25) is 0 Å². The lowest BCUT2D eigenvalue weighted by Gasteiger charge is -2.56. The minimum absolute atomic E-state index is 0.370. The molecule has 8 rings (SSSR count). The van der Waals surface area contributed by atoms with E-state index < -0.39 is 66.5 Å². The summed E-state index contributed by atoms with van der Waals surface area (Å²) in [5.41, 5.74) is -1.14. The molecule has 0 aromatic carbocycles. The zero-order valence-corrected chi connectivity index (χ0v) is 24.0. The number of halogens is 4. The molecule has 0 spiro atoms. The monoisotopic (exact) mass is 628 g/mol. The Kier molecular flexibility index (Phi) is 6.86. The largest absolute Gasteiger partial charge is 0.460 e. The third-order valence-corrected chi connectivity index (χ3v) is 13.9. The number of rotatable bonds is 10. The van der Waals surface area contributed by atoms with Crippen LogP contribution in [0.1, 0.15) is 77.0 Å². The van der Waals surface area contributed by atoms with E-state index in [-0.39, 0.29) is 0 Å². The number of nitrogens with zero attached hydrogens (tertiary/aromatic N) is 1. The van der Waals surface area contributed by atoms with Gasteiger partial charge in [0.05, 0.1) is 13.2 Å². The normalized spacial score (nSPS) is 39.6. The van der Waals surface area contributed by atoms with Crippen LogP contribution in [0.5, 0.6) is 0 Å². The summed E-state index contributed by atoms with van der Waals surface area (Å²) >= 11 is 0. The molecule has 9 nitrogen and oxygen atoms in total. The molecule has 0 aliphatic heterocycles. The molecule has 0 heterocycles. The predicted molar refractivity (Wildman–Crippen MR) is 134 cm³/mol. The van der Waals surface area contributed by atoms with E-state index in [0.29, 0.717) is 74.0 Å². The van der Waals surface area contributed by atoms with Gasteiger partial charge in [0.2, 0.25) is 0 Å². The molecule has 0 radical (unpaired) electrons.